The van der Waals surface area contributed by atoms with Crippen molar-refractivity contribution in [2.24, 2.45) is 11.7 Å². The van der Waals surface area contributed by atoms with Gasteiger partial charge < -0.3 is 50.2 Å². The van der Waals surface area contributed by atoms with Crippen LogP contribution in [0.4, 0.5) is 0 Å². The van der Waals surface area contributed by atoms with Crippen LogP contribution in [0, 0.1) is 5.92 Å². The van der Waals surface area contributed by atoms with E-state index in [2.05, 4.69) is 21.7 Å². The van der Waals surface area contributed by atoms with Gasteiger partial charge in [-0.05, 0) is 26.7 Å². The van der Waals surface area contributed by atoms with Gasteiger partial charge in [0, 0.05) is 101 Å². The molecule has 372 valence electrons. The lowest BCUT2D eigenvalue weighted by atomic mass is 10.1. The van der Waals surface area contributed by atoms with Crippen molar-refractivity contribution >= 4 is 77.4 Å². The Hall–Kier alpha value is -6.63. The molecule has 67 heavy (non-hydrogen) atoms. The van der Waals surface area contributed by atoms with E-state index in [1.807, 2.05) is 6.92 Å². The summed E-state index contributed by atoms with van der Waals surface area (Å²) < 4.78 is 20.7. The van der Waals surface area contributed by atoms with Gasteiger partial charge in [-0.15, -0.1) is 0 Å². The van der Waals surface area contributed by atoms with Crippen LogP contribution in [0.25, 0.3) is 0 Å². The average molecular weight is 949 g/mol. The molecule has 0 radical (unpaired) electrons. The second-order valence-corrected chi connectivity index (χ2v) is 14.2. The maximum absolute atomic E-state index is 11.7. The fraction of sp³-hybridized carbons (Fsp3) is 0.558. The molecule has 3 aliphatic heterocycles. The van der Waals surface area contributed by atoms with E-state index in [-0.39, 0.29) is 119 Å². The Morgan fingerprint density at radius 2 is 0.910 bits per heavy atom. The molecule has 0 bridgehead atoms. The zero-order valence-electron chi connectivity index (χ0n) is 38.1. The molecule has 0 saturated carbocycles. The van der Waals surface area contributed by atoms with Gasteiger partial charge in [-0.3, -0.25) is 67.4 Å². The molecular weight excluding hydrogens is 887 g/mol. The Balaban J connectivity index is 0.00000102. The summed E-state index contributed by atoms with van der Waals surface area (Å²) in [6.45, 7) is 8.04. The highest BCUT2D eigenvalue weighted by Gasteiger charge is 2.25. The number of hydrogen-bond donors (Lipinski definition) is 4. The lowest BCUT2D eigenvalue weighted by molar-refractivity contribution is -0.139. The first kappa shape index (κ1) is 60.4. The maximum atomic E-state index is 11.7. The molecule has 3 rings (SSSR count). The highest BCUT2D eigenvalue weighted by atomic mass is 16.5. The predicted octanol–water partition coefficient (Wildman–Crippen LogP) is -2.48. The smallest absolute Gasteiger partial charge is 0.253 e. The molecule has 0 fully saturated rings. The van der Waals surface area contributed by atoms with Crippen LogP contribution in [-0.2, 0) is 81.3 Å². The van der Waals surface area contributed by atoms with Gasteiger partial charge in [0.15, 0.2) is 5.78 Å². The van der Waals surface area contributed by atoms with Crippen LogP contribution in [0.2, 0.25) is 0 Å². The molecule has 24 heteroatoms. The summed E-state index contributed by atoms with van der Waals surface area (Å²) in [5.41, 5.74) is 4.04. The number of imide groups is 3. The Labute approximate surface area is 388 Å². The lowest BCUT2D eigenvalue weighted by Gasteiger charge is -2.13. The number of Topliss-reactive ketones (excluding diaryl/α,β-unsaturated/α-hetero) is 2. The number of carbonyl (C=O) groups is 12. The Morgan fingerprint density at radius 1 is 0.552 bits per heavy atom. The minimum atomic E-state index is -0.408. The van der Waals surface area contributed by atoms with Crippen molar-refractivity contribution in [1.29, 1.82) is 0 Å². The van der Waals surface area contributed by atoms with E-state index in [1.165, 1.54) is 50.3 Å². The minimum Gasteiger partial charge on any atom is -0.543 e. The SMILES string of the molecule is CC(=O)CCN1C(=O)C=CC1=O.CC(=O)COCCOCCNC(=O)CCN1C(=O)C=CC1=O.CC(C=O)CCCCNC(=O)COCCOCCNC(=O)CCN1C(=O)C=CC1=O.N[C-]=O. The molecule has 3 heterocycles. The second-order valence-electron chi connectivity index (χ2n) is 14.2. The molecule has 0 aromatic carbocycles. The fourth-order valence-electron chi connectivity index (χ4n) is 5.11. The third kappa shape index (κ3) is 31.0. The average Bonchev–Trinajstić information content (AvgIpc) is 3.91. The quantitative estimate of drug-likeness (QED) is 0.0184. The van der Waals surface area contributed by atoms with Gasteiger partial charge in [-0.25, -0.2) is 0 Å². The number of ketones is 2. The zero-order chi connectivity index (χ0) is 50.4. The van der Waals surface area contributed by atoms with Crippen molar-refractivity contribution in [3.05, 3.63) is 36.5 Å². The van der Waals surface area contributed by atoms with E-state index < -0.39 is 23.6 Å². The molecule has 0 aromatic heterocycles. The van der Waals surface area contributed by atoms with E-state index >= 15 is 0 Å². The van der Waals surface area contributed by atoms with Crippen LogP contribution in [0.15, 0.2) is 36.5 Å². The highest BCUT2D eigenvalue weighted by Crippen LogP contribution is 2.06. The van der Waals surface area contributed by atoms with Gasteiger partial charge in [0.05, 0.1) is 39.6 Å². The summed E-state index contributed by atoms with van der Waals surface area (Å²) >= 11 is 0. The molecule has 0 saturated heterocycles. The number of nitrogens with zero attached hydrogens (tertiary/aromatic N) is 3. The third-order valence-electron chi connectivity index (χ3n) is 8.57. The molecule has 0 spiro atoms. The summed E-state index contributed by atoms with van der Waals surface area (Å²) in [5.74, 6) is -3.02. The van der Waals surface area contributed by atoms with E-state index in [0.717, 1.165) is 46.7 Å². The van der Waals surface area contributed by atoms with Crippen molar-refractivity contribution in [1.82, 2.24) is 30.7 Å². The number of aldehydes is 1. The van der Waals surface area contributed by atoms with Crippen LogP contribution in [0.3, 0.4) is 0 Å². The Morgan fingerprint density at radius 3 is 1.28 bits per heavy atom. The number of ether oxygens (including phenoxy) is 4. The molecule has 1 atom stereocenters. The van der Waals surface area contributed by atoms with Crippen LogP contribution in [-0.4, -0.2) is 184 Å². The molecule has 3 aliphatic rings. The van der Waals surface area contributed by atoms with Crippen LogP contribution < -0.4 is 21.7 Å². The summed E-state index contributed by atoms with van der Waals surface area (Å²) in [4.78, 5) is 145. The number of unbranched alkanes of at least 4 members (excludes halogenated alkanes) is 1. The standard InChI is InChI=1S/C20H31N3O7.C14H20N2O6.C8H9NO3.CH2NO/c1-16(14-24)4-2-3-8-21-18(26)15-30-13-12-29-11-9-22-17(25)7-10-23-19(27)5-6-20(23)28;1-11(17)10-22-9-8-21-7-5-15-12(18)4-6-16-13(19)2-3-14(16)20;1-6(10)4-5-9-7(11)2-3-8(9)12;2-1-3/h5-6,14,16H,2-4,7-13,15H2,1H3,(H,21,26)(H,22,25);2-3H,4-10H2,1H3,(H,15,18);2-3H,4-5H2,1H3;(H2,2,3)/q;;;-1. The predicted molar refractivity (Wildman–Crippen MR) is 234 cm³/mol. The summed E-state index contributed by atoms with van der Waals surface area (Å²) in [7, 11) is 0. The van der Waals surface area contributed by atoms with Gasteiger partial charge in [0.1, 0.15) is 25.3 Å². The van der Waals surface area contributed by atoms with Gasteiger partial charge in [0.25, 0.3) is 35.4 Å². The van der Waals surface area contributed by atoms with Crippen LogP contribution in [0.5, 0.6) is 0 Å². The van der Waals surface area contributed by atoms with Crippen molar-refractivity contribution in [3.8, 4) is 0 Å². The molecule has 0 aliphatic carbocycles. The fourth-order valence-corrected chi connectivity index (χ4v) is 5.11. The molecule has 1 unspecified atom stereocenters. The highest BCUT2D eigenvalue weighted by molar-refractivity contribution is 6.14. The monoisotopic (exact) mass is 948 g/mol. The number of amides is 10. The Kier molecular flexibility index (Phi) is 33.9. The van der Waals surface area contributed by atoms with E-state index in [1.54, 1.807) is 0 Å². The van der Waals surface area contributed by atoms with E-state index in [0.29, 0.717) is 39.5 Å². The van der Waals surface area contributed by atoms with Crippen LogP contribution >= 0.6 is 0 Å². The number of carbonyl (C=O) groups excluding carboxylic acids is 13. The summed E-state index contributed by atoms with van der Waals surface area (Å²) in [6, 6.07) is 0. The number of rotatable bonds is 31. The topological polar surface area (TPSA) is 331 Å². The Bertz CT molecular complexity index is 1730. The van der Waals surface area contributed by atoms with Crippen LogP contribution in [0.1, 0.15) is 59.3 Å². The number of nitrogens with one attached hydrogen (secondary N) is 3. The summed E-state index contributed by atoms with van der Waals surface area (Å²) in [5, 5.41) is 7.99. The molecule has 0 aromatic rings. The van der Waals surface area contributed by atoms with Gasteiger partial charge in [0.2, 0.25) is 17.7 Å². The largest absolute Gasteiger partial charge is 0.543 e. The van der Waals surface area contributed by atoms with Crippen molar-refractivity contribution in [3.63, 3.8) is 0 Å². The number of nitrogens with two attached hydrogens (primary N) is 1. The van der Waals surface area contributed by atoms with Crippen molar-refractivity contribution < 1.29 is 81.3 Å². The first-order valence-corrected chi connectivity index (χ1v) is 21.2. The number of primary amides is 1. The molecule has 24 nitrogen and oxygen atoms in total. The minimum absolute atomic E-state index is 0.0255. The maximum Gasteiger partial charge on any atom is 0.253 e. The first-order valence-electron chi connectivity index (χ1n) is 21.2. The van der Waals surface area contributed by atoms with Gasteiger partial charge in [-0.2, -0.15) is 6.41 Å². The number of hydrogen-bond acceptors (Lipinski definition) is 17. The lowest BCUT2D eigenvalue weighted by Crippen LogP contribution is -2.35. The molecular formula is C43H62N7O17-. The molecule has 5 N–H and O–H groups in total. The van der Waals surface area contributed by atoms with E-state index in [9.17, 15) is 57.5 Å². The second kappa shape index (κ2) is 37.6. The normalized spacial score (nSPS) is 13.9. The summed E-state index contributed by atoms with van der Waals surface area (Å²) in [6.07, 6.45) is 11.9. The first-order chi connectivity index (χ1) is 32.0. The zero-order valence-corrected chi connectivity index (χ0v) is 38.1. The third-order valence-corrected chi connectivity index (χ3v) is 8.57. The van der Waals surface area contributed by atoms with Crippen molar-refractivity contribution in [2.75, 3.05) is 92.1 Å². The van der Waals surface area contributed by atoms with E-state index in [4.69, 9.17) is 23.7 Å². The van der Waals surface area contributed by atoms with Gasteiger partial charge >= 0.3 is 0 Å². The van der Waals surface area contributed by atoms with Crippen molar-refractivity contribution in [2.45, 2.75) is 59.3 Å². The molecule has 10 amide bonds. The van der Waals surface area contributed by atoms with Gasteiger partial charge in [-0.1, -0.05) is 13.3 Å².